The van der Waals surface area contributed by atoms with Crippen LogP contribution in [0.1, 0.15) is 11.4 Å². The van der Waals surface area contributed by atoms with Gasteiger partial charge in [-0.2, -0.15) is 4.73 Å². The van der Waals surface area contributed by atoms with E-state index >= 15 is 0 Å². The third-order valence-electron chi connectivity index (χ3n) is 1.81. The summed E-state index contributed by atoms with van der Waals surface area (Å²) in [6.07, 6.45) is 1.56. The first kappa shape index (κ1) is 7.09. The number of hydrogen-bond acceptors (Lipinski definition) is 3. The quantitative estimate of drug-likeness (QED) is 0.594. The molecule has 0 unspecified atom stereocenters. The van der Waals surface area contributed by atoms with Crippen LogP contribution >= 0.6 is 0 Å². The predicted octanol–water partition coefficient (Wildman–Crippen LogP) is 1.24. The second-order valence-electron chi connectivity index (χ2n) is 2.79. The van der Waals surface area contributed by atoms with Gasteiger partial charge in [-0.1, -0.05) is 0 Å². The molecule has 1 N–H and O–H groups in total. The van der Waals surface area contributed by atoms with Crippen LogP contribution in [0.25, 0.3) is 11.5 Å². The molecular formula is C8H9N3O. The van der Waals surface area contributed by atoms with Gasteiger partial charge in [-0.25, -0.2) is 9.97 Å². The van der Waals surface area contributed by atoms with Crippen molar-refractivity contribution in [3.8, 4) is 11.5 Å². The molecule has 0 atom stereocenters. The zero-order chi connectivity index (χ0) is 8.72. The van der Waals surface area contributed by atoms with Crippen molar-refractivity contribution >= 4 is 0 Å². The van der Waals surface area contributed by atoms with E-state index < -0.39 is 0 Å². The van der Waals surface area contributed by atoms with E-state index in [2.05, 4.69) is 9.97 Å². The lowest BCUT2D eigenvalue weighted by atomic mass is 10.2. The van der Waals surface area contributed by atoms with Gasteiger partial charge >= 0.3 is 0 Å². The molecule has 0 saturated carbocycles. The smallest absolute Gasteiger partial charge is 0.195 e. The monoisotopic (exact) mass is 163 g/mol. The minimum atomic E-state index is 0.521. The summed E-state index contributed by atoms with van der Waals surface area (Å²) in [5.74, 6) is 1.20. The summed E-state index contributed by atoms with van der Waals surface area (Å²) in [5.41, 5.74) is 1.79. The van der Waals surface area contributed by atoms with Crippen molar-refractivity contribution in [3.05, 3.63) is 23.7 Å². The highest BCUT2D eigenvalue weighted by Gasteiger charge is 2.13. The molecule has 0 aliphatic carbocycles. The normalized spacial score (nSPS) is 10.8. The van der Waals surface area contributed by atoms with Crippen molar-refractivity contribution in [1.29, 1.82) is 0 Å². The van der Waals surface area contributed by atoms with E-state index in [9.17, 15) is 5.21 Å². The summed E-state index contributed by atoms with van der Waals surface area (Å²) in [6.45, 7) is 3.75. The molecule has 2 rings (SSSR count). The molecule has 0 spiro atoms. The lowest BCUT2D eigenvalue weighted by Crippen LogP contribution is -1.99. The van der Waals surface area contributed by atoms with E-state index in [1.807, 2.05) is 6.92 Å². The van der Waals surface area contributed by atoms with Crippen molar-refractivity contribution < 1.29 is 5.21 Å². The van der Waals surface area contributed by atoms with E-state index in [4.69, 9.17) is 0 Å². The highest BCUT2D eigenvalue weighted by atomic mass is 16.5. The molecule has 0 fully saturated rings. The Balaban J connectivity index is 2.82. The van der Waals surface area contributed by atoms with E-state index in [0.29, 0.717) is 11.6 Å². The van der Waals surface area contributed by atoms with Crippen LogP contribution in [-0.4, -0.2) is 19.9 Å². The standard InChI is InChI=1S/C8H9N3O/c1-5-3-4-11(12)8-7(5)9-6(2)10-8/h3-4,12H,1-2H3. The largest absolute Gasteiger partial charge is 0.427 e. The van der Waals surface area contributed by atoms with Gasteiger partial charge in [0.2, 0.25) is 0 Å². The maximum absolute atomic E-state index is 9.32. The van der Waals surface area contributed by atoms with Crippen LogP contribution in [0, 0.1) is 13.8 Å². The van der Waals surface area contributed by atoms with Gasteiger partial charge in [-0.05, 0) is 25.5 Å². The molecule has 2 heterocycles. The molecule has 0 bridgehead atoms. The van der Waals surface area contributed by atoms with Crippen molar-refractivity contribution in [2.75, 3.05) is 0 Å². The maximum Gasteiger partial charge on any atom is 0.195 e. The van der Waals surface area contributed by atoms with Gasteiger partial charge in [0, 0.05) is 6.20 Å². The molecule has 0 aromatic carbocycles. The third-order valence-corrected chi connectivity index (χ3v) is 1.81. The second-order valence-corrected chi connectivity index (χ2v) is 2.79. The van der Waals surface area contributed by atoms with Gasteiger partial charge in [0.25, 0.3) is 0 Å². The fourth-order valence-corrected chi connectivity index (χ4v) is 1.20. The molecule has 2 aliphatic heterocycles. The summed E-state index contributed by atoms with van der Waals surface area (Å²) in [7, 11) is 0. The summed E-state index contributed by atoms with van der Waals surface area (Å²) in [6, 6.07) is 1.80. The minimum Gasteiger partial charge on any atom is -0.427 e. The molecule has 12 heavy (non-hydrogen) atoms. The lowest BCUT2D eigenvalue weighted by molar-refractivity contribution is 0.186. The SMILES string of the molecule is Cc1nc2c(C)ccn(O)c-2n1. The van der Waals surface area contributed by atoms with Crippen LogP contribution in [0.2, 0.25) is 0 Å². The maximum atomic E-state index is 9.32. The van der Waals surface area contributed by atoms with Crippen LogP contribution < -0.4 is 0 Å². The zero-order valence-corrected chi connectivity index (χ0v) is 6.94. The summed E-state index contributed by atoms with van der Waals surface area (Å²) in [4.78, 5) is 8.26. The first-order valence-corrected chi connectivity index (χ1v) is 3.70. The number of imidazole rings is 1. The minimum absolute atomic E-state index is 0.521. The molecule has 0 amide bonds. The molecule has 2 aliphatic rings. The summed E-state index contributed by atoms with van der Waals surface area (Å²) < 4.78 is 0.988. The average Bonchev–Trinajstić information content (AvgIpc) is 2.41. The zero-order valence-electron chi connectivity index (χ0n) is 6.94. The molecule has 0 radical (unpaired) electrons. The number of hydrogen-bond donors (Lipinski definition) is 1. The van der Waals surface area contributed by atoms with Crippen molar-refractivity contribution in [3.63, 3.8) is 0 Å². The topological polar surface area (TPSA) is 50.9 Å². The first-order chi connectivity index (χ1) is 5.68. The fraction of sp³-hybridized carbons (Fsp3) is 0.250. The Kier molecular flexibility index (Phi) is 1.30. The summed E-state index contributed by atoms with van der Waals surface area (Å²) >= 11 is 0. The number of rotatable bonds is 0. The fourth-order valence-electron chi connectivity index (χ4n) is 1.20. The summed E-state index contributed by atoms with van der Waals surface area (Å²) in [5, 5.41) is 9.32. The number of fused-ring (bicyclic) bond motifs is 1. The number of aryl methyl sites for hydroxylation is 2. The third kappa shape index (κ3) is 0.845. The predicted molar refractivity (Wildman–Crippen MR) is 43.3 cm³/mol. The lowest BCUT2D eigenvalue weighted by Gasteiger charge is -2.03. The van der Waals surface area contributed by atoms with E-state index in [-0.39, 0.29) is 0 Å². The van der Waals surface area contributed by atoms with Gasteiger partial charge in [-0.3, -0.25) is 0 Å². The molecule has 4 nitrogen and oxygen atoms in total. The Bertz CT molecular complexity index is 358. The van der Waals surface area contributed by atoms with Crippen LogP contribution in [0.3, 0.4) is 0 Å². The van der Waals surface area contributed by atoms with Crippen LogP contribution in [-0.2, 0) is 0 Å². The van der Waals surface area contributed by atoms with Crippen LogP contribution in [0.15, 0.2) is 12.3 Å². The molecule has 62 valence electrons. The van der Waals surface area contributed by atoms with Gasteiger partial charge in [0.15, 0.2) is 5.82 Å². The highest BCUT2D eigenvalue weighted by molar-refractivity contribution is 5.56. The van der Waals surface area contributed by atoms with Crippen molar-refractivity contribution in [2.45, 2.75) is 13.8 Å². The molecule has 0 saturated heterocycles. The van der Waals surface area contributed by atoms with Crippen LogP contribution in [0.5, 0.6) is 0 Å². The van der Waals surface area contributed by atoms with Gasteiger partial charge in [0.1, 0.15) is 11.5 Å². The van der Waals surface area contributed by atoms with E-state index in [1.165, 1.54) is 0 Å². The molecule has 4 heteroatoms. The highest BCUT2D eigenvalue weighted by Crippen LogP contribution is 2.20. The van der Waals surface area contributed by atoms with Crippen molar-refractivity contribution in [1.82, 2.24) is 14.7 Å². The Morgan fingerprint density at radius 3 is 2.75 bits per heavy atom. The van der Waals surface area contributed by atoms with Gasteiger partial charge in [-0.15, -0.1) is 0 Å². The van der Waals surface area contributed by atoms with Crippen molar-refractivity contribution in [2.24, 2.45) is 0 Å². The van der Waals surface area contributed by atoms with Gasteiger partial charge in [0.05, 0.1) is 0 Å². The average molecular weight is 163 g/mol. The van der Waals surface area contributed by atoms with Crippen LogP contribution in [0.4, 0.5) is 0 Å². The Morgan fingerprint density at radius 1 is 1.33 bits per heavy atom. The van der Waals surface area contributed by atoms with E-state index in [1.54, 1.807) is 19.2 Å². The second kappa shape index (κ2) is 2.20. The van der Waals surface area contributed by atoms with Gasteiger partial charge < -0.3 is 5.21 Å². The van der Waals surface area contributed by atoms with E-state index in [0.717, 1.165) is 16.0 Å². The molecule has 0 aromatic heterocycles. The number of aromatic nitrogens is 3. The first-order valence-electron chi connectivity index (χ1n) is 3.70. The molecule has 0 aromatic rings. The molecular weight excluding hydrogens is 154 g/mol. The number of nitrogens with zero attached hydrogens (tertiary/aromatic N) is 3. The Morgan fingerprint density at radius 2 is 2.08 bits per heavy atom. The Hall–Kier alpha value is -1.58. The Labute approximate surface area is 69.8 Å². The number of pyridine rings is 1.